The highest BCUT2D eigenvalue weighted by molar-refractivity contribution is 5.91. The van der Waals surface area contributed by atoms with Crippen LogP contribution in [0.3, 0.4) is 0 Å². The molecule has 1 fully saturated rings. The molecule has 4 aromatic rings. The van der Waals surface area contributed by atoms with Crippen LogP contribution < -0.4 is 20.7 Å². The SMILES string of the molecule is CCOCCOc1cccc(CCNC(=O)N[C@@H]2CCC[C@H](Nc3nc(-c4c[nH]c5ncc(F)cc45)ncc3F)C2)c1. The number of ether oxygens (including phenoxy) is 2. The summed E-state index contributed by atoms with van der Waals surface area (Å²) in [6, 6.07) is 8.75. The Morgan fingerprint density at radius 2 is 2.00 bits per heavy atom. The van der Waals surface area contributed by atoms with Crippen molar-refractivity contribution >= 4 is 22.9 Å². The fraction of sp³-hybridized carbons (Fsp3) is 0.400. The number of carbonyl (C=O) groups excluding carboxylic acids is 1. The van der Waals surface area contributed by atoms with Crippen LogP contribution in [0.5, 0.6) is 5.75 Å². The van der Waals surface area contributed by atoms with E-state index in [0.29, 0.717) is 55.8 Å². The number of carbonyl (C=O) groups is 1. The van der Waals surface area contributed by atoms with Gasteiger partial charge >= 0.3 is 6.03 Å². The van der Waals surface area contributed by atoms with Crippen molar-refractivity contribution in [2.75, 3.05) is 31.7 Å². The number of hydrogen-bond acceptors (Lipinski definition) is 7. The number of nitrogens with one attached hydrogen (secondary N) is 4. The van der Waals surface area contributed by atoms with Crippen LogP contribution in [0.2, 0.25) is 0 Å². The van der Waals surface area contributed by atoms with Crippen molar-refractivity contribution in [3.8, 4) is 17.1 Å². The Kier molecular flexibility index (Phi) is 9.75. The van der Waals surface area contributed by atoms with Crippen molar-refractivity contribution in [2.45, 2.75) is 51.1 Å². The zero-order valence-corrected chi connectivity index (χ0v) is 23.5. The van der Waals surface area contributed by atoms with Crippen LogP contribution >= 0.6 is 0 Å². The highest BCUT2D eigenvalue weighted by atomic mass is 19.1. The third-order valence-electron chi connectivity index (χ3n) is 7.13. The number of pyridine rings is 1. The zero-order chi connectivity index (χ0) is 29.3. The average Bonchev–Trinajstić information content (AvgIpc) is 3.40. The highest BCUT2D eigenvalue weighted by Gasteiger charge is 2.25. The molecule has 0 aliphatic heterocycles. The third kappa shape index (κ3) is 7.69. The van der Waals surface area contributed by atoms with Gasteiger partial charge in [-0.2, -0.15) is 0 Å². The van der Waals surface area contributed by atoms with Gasteiger partial charge in [0.05, 0.1) is 19.0 Å². The van der Waals surface area contributed by atoms with Gasteiger partial charge in [-0.1, -0.05) is 12.1 Å². The van der Waals surface area contributed by atoms with Gasteiger partial charge in [-0.15, -0.1) is 0 Å². The fourth-order valence-electron chi connectivity index (χ4n) is 5.12. The van der Waals surface area contributed by atoms with Gasteiger partial charge in [0.15, 0.2) is 17.5 Å². The van der Waals surface area contributed by atoms with Crippen LogP contribution in [-0.4, -0.2) is 64.4 Å². The third-order valence-corrected chi connectivity index (χ3v) is 7.13. The second-order valence-electron chi connectivity index (χ2n) is 10.2. The number of anilines is 1. The number of rotatable bonds is 12. The minimum absolute atomic E-state index is 0.0645. The predicted molar refractivity (Wildman–Crippen MR) is 155 cm³/mol. The number of H-pyrrole nitrogens is 1. The number of fused-ring (bicyclic) bond motifs is 1. The molecule has 0 bridgehead atoms. The van der Waals surface area contributed by atoms with Gasteiger partial charge in [-0.3, -0.25) is 0 Å². The van der Waals surface area contributed by atoms with E-state index in [4.69, 9.17) is 9.47 Å². The lowest BCUT2D eigenvalue weighted by Crippen LogP contribution is -2.46. The van der Waals surface area contributed by atoms with Crippen molar-refractivity contribution in [1.29, 1.82) is 0 Å². The summed E-state index contributed by atoms with van der Waals surface area (Å²) in [5.41, 5.74) is 2.08. The van der Waals surface area contributed by atoms with Crippen molar-refractivity contribution < 1.29 is 23.0 Å². The molecule has 1 aliphatic carbocycles. The largest absolute Gasteiger partial charge is 0.491 e. The van der Waals surface area contributed by atoms with Gasteiger partial charge in [0.1, 0.15) is 23.8 Å². The maximum Gasteiger partial charge on any atom is 0.315 e. The second kappa shape index (κ2) is 14.0. The Labute approximate surface area is 242 Å². The zero-order valence-electron chi connectivity index (χ0n) is 23.5. The van der Waals surface area contributed by atoms with Crippen LogP contribution in [0.1, 0.15) is 38.2 Å². The number of aromatic nitrogens is 4. The van der Waals surface area contributed by atoms with Crippen LogP contribution in [0.15, 0.2) is 48.9 Å². The molecule has 3 heterocycles. The van der Waals surface area contributed by atoms with E-state index in [1.807, 2.05) is 31.2 Å². The summed E-state index contributed by atoms with van der Waals surface area (Å²) in [7, 11) is 0. The quantitative estimate of drug-likeness (QED) is 0.175. The lowest BCUT2D eigenvalue weighted by molar-refractivity contribution is 0.110. The molecule has 0 unspecified atom stereocenters. The summed E-state index contributed by atoms with van der Waals surface area (Å²) >= 11 is 0. The molecule has 1 aliphatic rings. The van der Waals surface area contributed by atoms with Crippen molar-refractivity contribution in [2.24, 2.45) is 0 Å². The van der Waals surface area contributed by atoms with E-state index >= 15 is 0 Å². The first-order valence-electron chi connectivity index (χ1n) is 14.2. The average molecular weight is 580 g/mol. The first kappa shape index (κ1) is 29.2. The first-order valence-corrected chi connectivity index (χ1v) is 14.2. The number of amides is 2. The monoisotopic (exact) mass is 579 g/mol. The van der Waals surface area contributed by atoms with E-state index < -0.39 is 11.6 Å². The van der Waals surface area contributed by atoms with Crippen LogP contribution in [-0.2, 0) is 11.2 Å². The maximum absolute atomic E-state index is 14.7. The minimum atomic E-state index is -0.584. The Balaban J connectivity index is 1.11. The Bertz CT molecular complexity index is 1500. The summed E-state index contributed by atoms with van der Waals surface area (Å²) in [4.78, 5) is 28.1. The molecule has 4 N–H and O–H groups in total. The molecule has 42 heavy (non-hydrogen) atoms. The number of benzene rings is 1. The second-order valence-corrected chi connectivity index (χ2v) is 10.2. The van der Waals surface area contributed by atoms with Gasteiger partial charge in [-0.05, 0) is 62.8 Å². The van der Waals surface area contributed by atoms with Crippen molar-refractivity contribution in [3.05, 3.63) is 66.1 Å². The molecule has 2 atom stereocenters. The number of halogens is 2. The lowest BCUT2D eigenvalue weighted by Gasteiger charge is -2.30. The predicted octanol–water partition coefficient (Wildman–Crippen LogP) is 4.98. The molecule has 0 saturated heterocycles. The van der Waals surface area contributed by atoms with Crippen LogP contribution in [0.4, 0.5) is 19.4 Å². The number of hydrogen-bond donors (Lipinski definition) is 4. The van der Waals surface area contributed by atoms with E-state index in [1.165, 1.54) is 6.07 Å². The molecule has 5 rings (SSSR count). The Morgan fingerprint density at radius 3 is 2.88 bits per heavy atom. The van der Waals surface area contributed by atoms with E-state index in [9.17, 15) is 13.6 Å². The molecule has 10 nitrogen and oxygen atoms in total. The summed E-state index contributed by atoms with van der Waals surface area (Å²) in [5.74, 6) is 0.0286. The van der Waals surface area contributed by atoms with Gasteiger partial charge in [0.25, 0.3) is 0 Å². The molecule has 3 aromatic heterocycles. The number of nitrogens with zero attached hydrogens (tertiary/aromatic N) is 3. The number of urea groups is 1. The van der Waals surface area contributed by atoms with E-state index in [1.54, 1.807) is 6.20 Å². The molecule has 12 heteroatoms. The van der Waals surface area contributed by atoms with Crippen molar-refractivity contribution in [1.82, 2.24) is 30.6 Å². The van der Waals surface area contributed by atoms with Gasteiger partial charge < -0.3 is 30.4 Å². The van der Waals surface area contributed by atoms with Gasteiger partial charge in [0, 0.05) is 42.4 Å². The Hall–Kier alpha value is -4.32. The van der Waals surface area contributed by atoms with Gasteiger partial charge in [-0.25, -0.2) is 28.5 Å². The van der Waals surface area contributed by atoms with Gasteiger partial charge in [0.2, 0.25) is 0 Å². The van der Waals surface area contributed by atoms with E-state index in [-0.39, 0.29) is 29.8 Å². The summed E-state index contributed by atoms with van der Waals surface area (Å²) in [5, 5.41) is 9.67. The molecule has 1 aromatic carbocycles. The van der Waals surface area contributed by atoms with E-state index in [2.05, 4.69) is 35.9 Å². The standard InChI is InChI=1S/C30H35F2N7O3/c1-2-41-11-12-42-23-8-3-5-19(13-23)9-10-33-30(40)38-22-7-4-6-21(15-22)37-29-26(32)18-36-28(39-29)25-17-35-27-24(25)14-20(31)16-34-27/h3,5,8,13-14,16-18,21-22H,2,4,6-7,9-12,15H2,1H3,(H,34,35)(H2,33,38,40)(H,36,37,39)/t21-,22+/m0/s1. The summed E-state index contributed by atoms with van der Waals surface area (Å²) in [6.07, 6.45) is 7.64. The normalized spacial score (nSPS) is 16.7. The lowest BCUT2D eigenvalue weighted by atomic mass is 9.91. The van der Waals surface area contributed by atoms with Crippen LogP contribution in [0, 0.1) is 11.6 Å². The van der Waals surface area contributed by atoms with E-state index in [0.717, 1.165) is 43.0 Å². The smallest absolute Gasteiger partial charge is 0.315 e. The molecule has 2 amide bonds. The molecule has 0 radical (unpaired) electrons. The summed E-state index contributed by atoms with van der Waals surface area (Å²) < 4.78 is 39.5. The summed E-state index contributed by atoms with van der Waals surface area (Å²) in [6.45, 7) is 4.11. The fourth-order valence-corrected chi connectivity index (χ4v) is 5.12. The Morgan fingerprint density at radius 1 is 1.12 bits per heavy atom. The highest BCUT2D eigenvalue weighted by Crippen LogP contribution is 2.28. The molecular weight excluding hydrogens is 544 g/mol. The minimum Gasteiger partial charge on any atom is -0.491 e. The van der Waals surface area contributed by atoms with Crippen LogP contribution in [0.25, 0.3) is 22.4 Å². The number of aromatic amines is 1. The first-order chi connectivity index (χ1) is 20.5. The molecule has 222 valence electrons. The topological polar surface area (TPSA) is 126 Å². The maximum atomic E-state index is 14.7. The molecular formula is C30H35F2N7O3. The van der Waals surface area contributed by atoms with Crippen molar-refractivity contribution in [3.63, 3.8) is 0 Å². The molecule has 0 spiro atoms. The molecule has 1 saturated carbocycles.